The molecule has 15 amide bonds. The molecule has 3 aliphatic heterocycles. The van der Waals surface area contributed by atoms with Gasteiger partial charge in [0, 0.05) is 131 Å². The summed E-state index contributed by atoms with van der Waals surface area (Å²) in [7, 11) is 3.86. The first-order chi connectivity index (χ1) is 65.9. The smallest absolute Gasteiger partial charge is 0.305 e. The number of aromatic amines is 3. The van der Waals surface area contributed by atoms with Gasteiger partial charge in [0.2, 0.25) is 88.6 Å². The van der Waals surface area contributed by atoms with E-state index in [0.717, 1.165) is 19.6 Å². The van der Waals surface area contributed by atoms with E-state index in [-0.39, 0.29) is 115 Å². The van der Waals surface area contributed by atoms with Gasteiger partial charge in [-0.1, -0.05) is 88.1 Å². The highest BCUT2D eigenvalue weighted by Crippen LogP contribution is 2.31. The second kappa shape index (κ2) is 52.8. The largest absolute Gasteiger partial charge is 0.508 e. The number of aliphatic hydroxyl groups is 1. The summed E-state index contributed by atoms with van der Waals surface area (Å²) in [5.41, 5.74) is 20.6. The Morgan fingerprint density at radius 1 is 0.529 bits per heavy atom. The number of imidazole rings is 1. The van der Waals surface area contributed by atoms with E-state index in [1.165, 1.54) is 69.8 Å². The normalized spacial score (nSPS) is 24.5. The number of nitrogens with two attached hydrogens (primary N) is 3. The number of ketones is 1. The highest BCUT2D eigenvalue weighted by atomic mass is 32.2. The highest BCUT2D eigenvalue weighted by Gasteiger charge is 2.47. The Kier molecular flexibility index (Phi) is 41.4. The Balaban J connectivity index is 1.12. The second-order valence-electron chi connectivity index (χ2n) is 35.4. The number of aliphatic carboxylic acids is 2. The maximum Gasteiger partial charge on any atom is 0.305 e. The van der Waals surface area contributed by atoms with Crippen LogP contribution in [0.1, 0.15) is 165 Å². The number of nitrogens with one attached hydrogen (secondary N) is 12. The zero-order valence-electron chi connectivity index (χ0n) is 78.6. The van der Waals surface area contributed by atoms with Gasteiger partial charge >= 0.3 is 11.9 Å². The number of para-hydroxylation sites is 2. The van der Waals surface area contributed by atoms with Crippen molar-refractivity contribution in [1.82, 2.24) is 92.3 Å². The lowest BCUT2D eigenvalue weighted by molar-refractivity contribution is -0.149. The van der Waals surface area contributed by atoms with Crippen LogP contribution < -0.4 is 65.1 Å². The van der Waals surface area contributed by atoms with Crippen LogP contribution in [0.2, 0.25) is 0 Å². The fraction of sp³-hybridized carbons (Fsp3) is 0.543. The molecule has 6 heterocycles. The molecule has 138 heavy (non-hydrogen) atoms. The van der Waals surface area contributed by atoms with Crippen molar-refractivity contribution in [3.63, 3.8) is 0 Å². The van der Waals surface area contributed by atoms with Crippen LogP contribution in [0.5, 0.6) is 5.75 Å². The van der Waals surface area contributed by atoms with Crippen LogP contribution in [-0.2, 0) is 112 Å². The number of phenols is 1. The standard InChI is InChI=1S/C94H131N21O22S/c1-7-9-26-73-88(131)105-66(33-34-80(121)122)86(129)110-72(84(127)101-48-78(97)119)50-138-51-79(120)103-69(38-54-29-31-59(116)32-30-54)90(133)111(4)53(3)82(125)108-71(44-81(123)124)93(136)114-37-19-28-74(114)89(132)107-68(42-58-47-98-52-102-58)87(130)106-67(25-16-18-36-96)92(135)115-49-60(117)43-76(115)77(118)41-55(39-56-45-99-63-22-13-11-20-61(56)63)83(126)104-65(24-15-17-35-95)85(128)109-70(40-57-46-100-64-23-14-12-21-62(57)64)91(134)113(6)75(27-10-8-2)94(137)112(73)5/h11-14,20-23,29-32,45-47,52-53,55,60,65-76,99-100,116-117H,7-10,15-19,24-28,33-44,48-51,95-96H2,1-6H3,(H2,97,119)(H,98,102)(H,101,127)(H,103,120)(H,104,126)(H,105,131)(H,106,130)(H,107,132)(H,108,125)(H,109,128)(H,110,129)(H,121,122)(H,123,124)/t53-,55+,60+,65-,66-,67-,68-,69-,70-,71-,72-,73-,74-,75-,76-/m0/s1. The molecule has 750 valence electrons. The molecule has 3 aliphatic rings. The van der Waals surface area contributed by atoms with E-state index in [9.17, 15) is 68.4 Å². The molecule has 0 radical (unpaired) electrons. The molecule has 22 N–H and O–H groups in total. The summed E-state index contributed by atoms with van der Waals surface area (Å²) in [5.74, 6) is -20.5. The Morgan fingerprint density at radius 3 is 1.70 bits per heavy atom. The summed E-state index contributed by atoms with van der Waals surface area (Å²) in [6, 6.07) is -0.525. The van der Waals surface area contributed by atoms with Crippen molar-refractivity contribution in [2.24, 2.45) is 23.1 Å². The maximum atomic E-state index is 15.9. The molecule has 0 aliphatic carbocycles. The van der Waals surface area contributed by atoms with Crippen molar-refractivity contribution >= 4 is 140 Å². The van der Waals surface area contributed by atoms with Gasteiger partial charge in [0.05, 0.1) is 37.2 Å². The Bertz CT molecular complexity index is 5270. The number of carboxylic acid groups (broad SMARTS) is 2. The number of primary amides is 1. The minimum absolute atomic E-state index is 0.0144. The highest BCUT2D eigenvalue weighted by molar-refractivity contribution is 8.00. The Labute approximate surface area is 802 Å². The molecular formula is C94H131N21O22S. The van der Waals surface area contributed by atoms with Crippen molar-refractivity contribution in [3.8, 4) is 5.75 Å². The average molecular weight is 1940 g/mol. The fourth-order valence-corrected chi connectivity index (χ4v) is 18.3. The lowest BCUT2D eigenvalue weighted by Gasteiger charge is -2.36. The van der Waals surface area contributed by atoms with E-state index in [4.69, 9.17) is 17.2 Å². The topological polar surface area (TPSA) is 651 Å². The number of aliphatic hydroxyl groups excluding tert-OH is 1. The molecule has 3 aromatic heterocycles. The SMILES string of the molecule is CCCC[C@H]1C(=O)N(C)[C@@H](CCCC)C(=O)N[C@@H](CCC(=O)O)C(=O)N[C@H](C(=O)NCC(N)=O)CSCC(=O)N[C@@H](Cc2ccc(O)cc2)C(=O)N(C)[C@@H](C)C(=O)N[C@@H](CC(=O)O)C(=O)N2CCC[C@H]2C(=O)N[C@@H](Cc2cnc[nH]2)C(=O)N[C@@H](CCCCN)C(=O)N2C[C@H](O)C[C@H]2C(=O)C[C@@H](Cc2c[nH]c3ccccc23)C(=O)N[C@@H](CCCCN)C(=O)N[C@@H](Cc2c[nH]c3ccccc23)C(=O)N1C. The van der Waals surface area contributed by atoms with Crippen LogP contribution in [-0.4, -0.2) is 321 Å². The molecule has 3 saturated heterocycles. The number of nitrogens with zero attached hydrogens (tertiary/aromatic N) is 6. The van der Waals surface area contributed by atoms with E-state index in [1.54, 1.807) is 67.8 Å². The predicted octanol–water partition coefficient (Wildman–Crippen LogP) is -0.418. The number of carboxylic acids is 2. The lowest BCUT2D eigenvalue weighted by Crippen LogP contribution is -2.60. The summed E-state index contributed by atoms with van der Waals surface area (Å²) in [6.07, 6.45) is 2.83. The number of thioether (sulfide) groups is 1. The van der Waals surface area contributed by atoms with E-state index in [0.29, 0.717) is 88.1 Å². The summed E-state index contributed by atoms with van der Waals surface area (Å²) < 4.78 is 0. The molecule has 44 heteroatoms. The van der Waals surface area contributed by atoms with Crippen molar-refractivity contribution in [2.75, 3.05) is 65.4 Å². The molecule has 9 rings (SSSR count). The van der Waals surface area contributed by atoms with Gasteiger partial charge in [0.15, 0.2) is 5.78 Å². The second-order valence-corrected chi connectivity index (χ2v) is 36.4. The van der Waals surface area contributed by atoms with Crippen molar-refractivity contribution in [3.05, 3.63) is 120 Å². The monoisotopic (exact) mass is 1940 g/mol. The molecule has 0 saturated carbocycles. The lowest BCUT2D eigenvalue weighted by atomic mass is 9.90. The van der Waals surface area contributed by atoms with Gasteiger partial charge in [-0.25, -0.2) is 4.98 Å². The summed E-state index contributed by atoms with van der Waals surface area (Å²) >= 11 is 0.705. The number of Topliss-reactive ketones (excluding diaryl/α,β-unsaturated/α-hetero) is 1. The number of unbranched alkanes of at least 4 members (excludes halogenated alkanes) is 4. The number of aromatic nitrogens is 4. The third kappa shape index (κ3) is 30.6. The maximum absolute atomic E-state index is 15.9. The van der Waals surface area contributed by atoms with E-state index in [1.807, 2.05) is 6.92 Å². The van der Waals surface area contributed by atoms with Crippen LogP contribution >= 0.6 is 11.8 Å². The molecule has 3 aromatic carbocycles. The summed E-state index contributed by atoms with van der Waals surface area (Å²) in [4.78, 5) is 283. The molecule has 6 aromatic rings. The number of fused-ring (bicyclic) bond motifs is 4. The van der Waals surface area contributed by atoms with Crippen LogP contribution in [0.15, 0.2) is 97.7 Å². The summed E-state index contributed by atoms with van der Waals surface area (Å²) in [6.45, 7) is 3.83. The van der Waals surface area contributed by atoms with Gasteiger partial charge in [-0.15, -0.1) is 11.8 Å². The first-order valence-electron chi connectivity index (χ1n) is 46.8. The molecule has 0 bridgehead atoms. The van der Waals surface area contributed by atoms with Crippen molar-refractivity contribution < 1.29 is 107 Å². The minimum Gasteiger partial charge on any atom is -0.508 e. The van der Waals surface area contributed by atoms with E-state index < -0.39 is 247 Å². The quantitative estimate of drug-likeness (QED) is 0.0255. The first-order valence-corrected chi connectivity index (χ1v) is 48.0. The van der Waals surface area contributed by atoms with E-state index in [2.05, 4.69) is 67.8 Å². The van der Waals surface area contributed by atoms with Gasteiger partial charge in [-0.2, -0.15) is 0 Å². The van der Waals surface area contributed by atoms with Crippen molar-refractivity contribution in [2.45, 2.75) is 253 Å². The number of likely N-dealkylation sites (N-methyl/N-ethyl adjacent to an activating group) is 3. The number of phenolic OH excluding ortho intramolecular Hbond substituents is 1. The van der Waals surface area contributed by atoms with E-state index >= 15 is 38.4 Å². The summed E-state index contributed by atoms with van der Waals surface area (Å²) in [5, 5.41) is 67.3. The number of carbonyl (C=O) groups is 18. The number of rotatable bonds is 30. The van der Waals surface area contributed by atoms with Crippen LogP contribution in [0.4, 0.5) is 0 Å². The minimum atomic E-state index is -1.92. The number of hydrogen-bond acceptors (Lipinski definition) is 24. The zero-order valence-corrected chi connectivity index (χ0v) is 79.4. The number of carbonyl (C=O) groups excluding carboxylic acids is 16. The number of H-pyrrole nitrogens is 3. The Hall–Kier alpha value is -13.4. The molecular weight excluding hydrogens is 1810 g/mol. The number of aromatic hydroxyl groups is 1. The van der Waals surface area contributed by atoms with Gasteiger partial charge in [-0.3, -0.25) is 86.3 Å². The molecule has 0 unspecified atom stereocenters. The predicted molar refractivity (Wildman–Crippen MR) is 506 cm³/mol. The zero-order chi connectivity index (χ0) is 101. The number of benzene rings is 3. The third-order valence-corrected chi connectivity index (χ3v) is 26.3. The number of hydrogen-bond donors (Lipinski definition) is 19. The van der Waals surface area contributed by atoms with Gasteiger partial charge < -0.3 is 125 Å². The Morgan fingerprint density at radius 2 is 1.08 bits per heavy atom. The molecule has 0 spiro atoms. The fourth-order valence-electron chi connectivity index (χ4n) is 17.4. The van der Waals surface area contributed by atoms with Crippen LogP contribution in [0.3, 0.4) is 0 Å². The van der Waals surface area contributed by atoms with Gasteiger partial charge in [0.25, 0.3) is 0 Å². The van der Waals surface area contributed by atoms with Crippen LogP contribution in [0, 0.1) is 5.92 Å². The van der Waals surface area contributed by atoms with Gasteiger partial charge in [-0.05, 0) is 138 Å². The molecule has 3 fully saturated rings. The molecule has 43 nitrogen and oxygen atoms in total. The molecule has 15 atom stereocenters. The first kappa shape index (κ1) is 108. The van der Waals surface area contributed by atoms with Crippen molar-refractivity contribution in [1.29, 1.82) is 0 Å². The number of amides is 15. The van der Waals surface area contributed by atoms with Crippen LogP contribution in [0.25, 0.3) is 21.8 Å². The third-order valence-electron chi connectivity index (χ3n) is 25.3. The van der Waals surface area contributed by atoms with Gasteiger partial charge in [0.1, 0.15) is 78.3 Å². The average Bonchev–Trinajstić information content (AvgIpc) is 1.43.